The van der Waals surface area contributed by atoms with Gasteiger partial charge in [0.25, 0.3) is 0 Å². The summed E-state index contributed by atoms with van der Waals surface area (Å²) in [6.07, 6.45) is 2.15. The number of hydrogen-bond donors (Lipinski definition) is 1. The van der Waals surface area contributed by atoms with E-state index in [0.29, 0.717) is 25.3 Å². The van der Waals surface area contributed by atoms with Crippen molar-refractivity contribution in [3.8, 4) is 0 Å². The lowest BCUT2D eigenvalue weighted by molar-refractivity contribution is -0.121. The number of amides is 1. The normalized spacial score (nSPS) is 11.0. The lowest BCUT2D eigenvalue weighted by Gasteiger charge is -2.04. The molecule has 120 valence electrons. The molecule has 0 spiro atoms. The van der Waals surface area contributed by atoms with Crippen LogP contribution in [0.4, 0.5) is 0 Å². The minimum atomic E-state index is 0.0178. The molecule has 7 nitrogen and oxygen atoms in total. The summed E-state index contributed by atoms with van der Waals surface area (Å²) < 4.78 is 2.84. The fourth-order valence-electron chi connectivity index (χ4n) is 2.25. The zero-order chi connectivity index (χ0) is 16.1. The molecule has 2 heterocycles. The number of hydrogen-bond acceptors (Lipinski definition) is 6. The van der Waals surface area contributed by atoms with Crippen LogP contribution in [0.1, 0.15) is 23.7 Å². The van der Waals surface area contributed by atoms with Gasteiger partial charge in [-0.25, -0.2) is 9.67 Å². The Bertz CT molecular complexity index is 763. The quantitative estimate of drug-likeness (QED) is 0.667. The van der Waals surface area contributed by atoms with Gasteiger partial charge >= 0.3 is 0 Å². The van der Waals surface area contributed by atoms with E-state index in [1.54, 1.807) is 16.0 Å². The van der Waals surface area contributed by atoms with Crippen molar-refractivity contribution in [3.63, 3.8) is 0 Å². The largest absolute Gasteiger partial charge is 0.356 e. The maximum atomic E-state index is 11.8. The van der Waals surface area contributed by atoms with E-state index >= 15 is 0 Å². The summed E-state index contributed by atoms with van der Waals surface area (Å²) in [6.45, 7) is 2.97. The Morgan fingerprint density at radius 1 is 1.35 bits per heavy atom. The Labute approximate surface area is 137 Å². The Kier molecular flexibility index (Phi) is 4.92. The van der Waals surface area contributed by atoms with E-state index in [-0.39, 0.29) is 5.91 Å². The van der Waals surface area contributed by atoms with Gasteiger partial charge in [-0.3, -0.25) is 4.79 Å². The van der Waals surface area contributed by atoms with Crippen LogP contribution < -0.4 is 5.32 Å². The summed E-state index contributed by atoms with van der Waals surface area (Å²) in [7, 11) is 0. The highest BCUT2D eigenvalue weighted by Crippen LogP contribution is 2.22. The van der Waals surface area contributed by atoms with Gasteiger partial charge in [-0.15, -0.1) is 16.4 Å². The van der Waals surface area contributed by atoms with Crippen molar-refractivity contribution in [2.45, 2.75) is 32.7 Å². The van der Waals surface area contributed by atoms with E-state index in [1.807, 2.05) is 25.1 Å². The molecule has 3 aromatic rings. The van der Waals surface area contributed by atoms with Crippen molar-refractivity contribution in [2.75, 3.05) is 6.54 Å². The van der Waals surface area contributed by atoms with Gasteiger partial charge in [0.15, 0.2) is 0 Å². The van der Waals surface area contributed by atoms with Crippen molar-refractivity contribution in [3.05, 3.63) is 35.1 Å². The molecule has 0 aliphatic rings. The third-order valence-corrected chi connectivity index (χ3v) is 4.59. The molecule has 0 atom stereocenters. The molecule has 1 aromatic carbocycles. The zero-order valence-electron chi connectivity index (χ0n) is 12.9. The lowest BCUT2D eigenvalue weighted by atomic mass is 10.3. The molecule has 2 aromatic heterocycles. The first-order valence-electron chi connectivity index (χ1n) is 7.56. The summed E-state index contributed by atoms with van der Waals surface area (Å²) in [5.74, 6) is 0.734. The first-order valence-corrected chi connectivity index (χ1v) is 8.38. The molecule has 0 saturated carbocycles. The molecule has 0 fully saturated rings. The number of fused-ring (bicyclic) bond motifs is 1. The van der Waals surface area contributed by atoms with Crippen LogP contribution in [0.3, 0.4) is 0 Å². The van der Waals surface area contributed by atoms with E-state index in [1.165, 1.54) is 4.70 Å². The van der Waals surface area contributed by atoms with Crippen molar-refractivity contribution in [2.24, 2.45) is 0 Å². The van der Waals surface area contributed by atoms with Gasteiger partial charge in [0, 0.05) is 19.4 Å². The number of aryl methyl sites for hydroxylation is 3. The first kappa shape index (κ1) is 15.5. The minimum Gasteiger partial charge on any atom is -0.356 e. The van der Waals surface area contributed by atoms with E-state index in [9.17, 15) is 4.79 Å². The highest BCUT2D eigenvalue weighted by atomic mass is 32.1. The smallest absolute Gasteiger partial charge is 0.221 e. The van der Waals surface area contributed by atoms with Crippen molar-refractivity contribution >= 4 is 27.5 Å². The molecule has 0 aliphatic heterocycles. The maximum absolute atomic E-state index is 11.8. The summed E-state index contributed by atoms with van der Waals surface area (Å²) in [4.78, 5) is 16.4. The predicted octanol–water partition coefficient (Wildman–Crippen LogP) is 1.73. The van der Waals surface area contributed by atoms with Crippen LogP contribution in [0.15, 0.2) is 24.3 Å². The number of carbonyl (C=O) groups is 1. The number of rotatable bonds is 7. The summed E-state index contributed by atoms with van der Waals surface area (Å²) >= 11 is 1.72. The molecule has 3 rings (SSSR count). The summed E-state index contributed by atoms with van der Waals surface area (Å²) in [5, 5.41) is 15.2. The Morgan fingerprint density at radius 3 is 3.00 bits per heavy atom. The van der Waals surface area contributed by atoms with Crippen molar-refractivity contribution in [1.29, 1.82) is 0 Å². The molecule has 0 radical (unpaired) electrons. The Balaban J connectivity index is 1.37. The van der Waals surface area contributed by atoms with Crippen LogP contribution in [0.2, 0.25) is 0 Å². The molecule has 1 N–H and O–H groups in total. The minimum absolute atomic E-state index is 0.0178. The van der Waals surface area contributed by atoms with Crippen LogP contribution in [-0.2, 0) is 17.8 Å². The highest BCUT2D eigenvalue weighted by Gasteiger charge is 2.06. The Morgan fingerprint density at radius 2 is 2.22 bits per heavy atom. The molecule has 0 saturated heterocycles. The third-order valence-electron chi connectivity index (χ3n) is 3.49. The Hall–Kier alpha value is -2.35. The van der Waals surface area contributed by atoms with E-state index in [2.05, 4.69) is 31.9 Å². The molecule has 0 unspecified atom stereocenters. The topological polar surface area (TPSA) is 85.6 Å². The van der Waals surface area contributed by atoms with E-state index in [4.69, 9.17) is 0 Å². The van der Waals surface area contributed by atoms with Gasteiger partial charge < -0.3 is 5.32 Å². The lowest BCUT2D eigenvalue weighted by Crippen LogP contribution is -2.26. The summed E-state index contributed by atoms with van der Waals surface area (Å²) in [6, 6.07) is 8.13. The van der Waals surface area contributed by atoms with Crippen molar-refractivity contribution < 1.29 is 4.79 Å². The van der Waals surface area contributed by atoms with Crippen LogP contribution in [0.5, 0.6) is 0 Å². The molecule has 0 bridgehead atoms. The van der Waals surface area contributed by atoms with Gasteiger partial charge in [-0.05, 0) is 35.9 Å². The van der Waals surface area contributed by atoms with Gasteiger partial charge in [0.05, 0.1) is 21.8 Å². The second kappa shape index (κ2) is 7.28. The number of benzene rings is 1. The monoisotopic (exact) mass is 330 g/mol. The maximum Gasteiger partial charge on any atom is 0.221 e. The zero-order valence-corrected chi connectivity index (χ0v) is 13.7. The standard InChI is InChI=1S/C15H18N6OS/c1-11-18-19-20-21(11)10-8-14(22)16-9-4-7-15-17-12-5-2-3-6-13(12)23-15/h2-3,5-6H,4,7-10H2,1H3,(H,16,22). The molecule has 0 aliphatic carbocycles. The highest BCUT2D eigenvalue weighted by molar-refractivity contribution is 7.18. The number of para-hydroxylation sites is 1. The number of nitrogens with zero attached hydrogens (tertiary/aromatic N) is 5. The first-order chi connectivity index (χ1) is 11.2. The number of thiazole rings is 1. The summed E-state index contributed by atoms with van der Waals surface area (Å²) in [5.41, 5.74) is 1.05. The molecule has 1 amide bonds. The SMILES string of the molecule is Cc1nnnn1CCC(=O)NCCCc1nc2ccccc2s1. The molecular weight excluding hydrogens is 312 g/mol. The number of carbonyl (C=O) groups excluding carboxylic acids is 1. The fraction of sp³-hybridized carbons (Fsp3) is 0.400. The van der Waals surface area contributed by atoms with Crippen LogP contribution in [-0.4, -0.2) is 37.6 Å². The number of nitrogens with one attached hydrogen (secondary N) is 1. The molecular formula is C15H18N6OS. The van der Waals surface area contributed by atoms with Gasteiger partial charge in [-0.1, -0.05) is 12.1 Å². The average molecular weight is 330 g/mol. The number of aromatic nitrogens is 5. The van der Waals surface area contributed by atoms with Gasteiger partial charge in [0.2, 0.25) is 5.91 Å². The second-order valence-electron chi connectivity index (χ2n) is 5.23. The molecule has 23 heavy (non-hydrogen) atoms. The second-order valence-corrected chi connectivity index (χ2v) is 6.34. The van der Waals surface area contributed by atoms with Crippen LogP contribution >= 0.6 is 11.3 Å². The van der Waals surface area contributed by atoms with Crippen LogP contribution in [0, 0.1) is 6.92 Å². The fourth-order valence-corrected chi connectivity index (χ4v) is 3.26. The van der Waals surface area contributed by atoms with Gasteiger partial charge in [0.1, 0.15) is 5.82 Å². The number of tetrazole rings is 1. The molecule has 8 heteroatoms. The average Bonchev–Trinajstić information content (AvgIpc) is 3.15. The van der Waals surface area contributed by atoms with Crippen LogP contribution in [0.25, 0.3) is 10.2 Å². The van der Waals surface area contributed by atoms with E-state index < -0.39 is 0 Å². The predicted molar refractivity (Wildman–Crippen MR) is 88.1 cm³/mol. The third kappa shape index (κ3) is 4.10. The van der Waals surface area contributed by atoms with E-state index in [0.717, 1.165) is 23.4 Å². The van der Waals surface area contributed by atoms with Gasteiger partial charge in [-0.2, -0.15) is 0 Å². The van der Waals surface area contributed by atoms with Crippen molar-refractivity contribution in [1.82, 2.24) is 30.5 Å².